The first-order valence-corrected chi connectivity index (χ1v) is 18.7. The number of nitrogens with one attached hydrogen (secondary N) is 9. The van der Waals surface area contributed by atoms with Gasteiger partial charge in [-0.25, -0.2) is 4.79 Å². The molecule has 2 aliphatic heterocycles. The summed E-state index contributed by atoms with van der Waals surface area (Å²) in [4.78, 5) is 97.9. The summed E-state index contributed by atoms with van der Waals surface area (Å²) in [5, 5.41) is 23.0. The van der Waals surface area contributed by atoms with E-state index in [-0.39, 0.29) is 25.3 Å². The SMILES string of the molecule is C[C@@H]1NC(=O)[C@@H](N)CNC(=O)[C@H]([C@H]2CCN=C(N)N2)NC(=O)/C(=C/NC(=O)Nc2ccccc2-c2ccccc2)NC(=O)C(CNC(=O)C[C@@H](N)CCCN)NC1=O. The van der Waals surface area contributed by atoms with Crippen LogP contribution in [0, 0.1) is 0 Å². The van der Waals surface area contributed by atoms with Crippen LogP contribution < -0.4 is 70.8 Å². The van der Waals surface area contributed by atoms with Crippen molar-refractivity contribution >= 4 is 53.1 Å². The van der Waals surface area contributed by atoms with Crippen molar-refractivity contribution in [2.24, 2.45) is 27.9 Å². The van der Waals surface area contributed by atoms with Crippen LogP contribution in [-0.4, -0.2) is 110 Å². The van der Waals surface area contributed by atoms with Gasteiger partial charge in [-0.15, -0.1) is 0 Å². The summed E-state index contributed by atoms with van der Waals surface area (Å²) in [6, 6.07) is 8.62. The van der Waals surface area contributed by atoms with E-state index in [1.807, 2.05) is 30.3 Å². The van der Waals surface area contributed by atoms with Gasteiger partial charge < -0.3 is 70.8 Å². The largest absolute Gasteiger partial charge is 0.370 e. The van der Waals surface area contributed by atoms with Crippen LogP contribution in [0.25, 0.3) is 11.1 Å². The number of aliphatic imine (C=N–C) groups is 1. The monoisotopic (exact) mass is 804 g/mol. The van der Waals surface area contributed by atoms with Crippen LogP contribution in [0.15, 0.2) is 71.5 Å². The molecule has 2 aromatic carbocycles. The number of carbonyl (C=O) groups is 7. The van der Waals surface area contributed by atoms with Crippen LogP contribution in [0.3, 0.4) is 0 Å². The average Bonchev–Trinajstić information content (AvgIpc) is 3.20. The summed E-state index contributed by atoms with van der Waals surface area (Å²) < 4.78 is 0. The van der Waals surface area contributed by atoms with Gasteiger partial charge in [0.25, 0.3) is 5.91 Å². The molecule has 8 amide bonds. The van der Waals surface area contributed by atoms with Gasteiger partial charge in [0, 0.05) is 43.9 Å². The third-order valence-electron chi connectivity index (χ3n) is 9.09. The maximum atomic E-state index is 14.1. The second-order valence-corrected chi connectivity index (χ2v) is 13.7. The molecule has 312 valence electrons. The molecule has 4 rings (SSSR count). The zero-order valence-electron chi connectivity index (χ0n) is 32.0. The Labute approximate surface area is 334 Å². The highest BCUT2D eigenvalue weighted by Crippen LogP contribution is 2.27. The summed E-state index contributed by atoms with van der Waals surface area (Å²) >= 11 is 0. The van der Waals surface area contributed by atoms with Crippen molar-refractivity contribution in [3.63, 3.8) is 0 Å². The Morgan fingerprint density at radius 1 is 0.931 bits per heavy atom. The lowest BCUT2D eigenvalue weighted by Gasteiger charge is -2.31. The van der Waals surface area contributed by atoms with E-state index in [1.165, 1.54) is 6.92 Å². The molecule has 2 heterocycles. The molecule has 1 fully saturated rings. The van der Waals surface area contributed by atoms with Crippen molar-refractivity contribution in [3.05, 3.63) is 66.5 Å². The third-order valence-corrected chi connectivity index (χ3v) is 9.09. The van der Waals surface area contributed by atoms with Gasteiger partial charge in [-0.05, 0) is 44.4 Å². The summed E-state index contributed by atoms with van der Waals surface area (Å²) in [5.74, 6) is -5.03. The molecular weight excluding hydrogens is 752 g/mol. The zero-order valence-corrected chi connectivity index (χ0v) is 32.0. The second kappa shape index (κ2) is 21.6. The van der Waals surface area contributed by atoms with Crippen molar-refractivity contribution in [1.82, 2.24) is 42.5 Å². The molecule has 1 saturated heterocycles. The van der Waals surface area contributed by atoms with Crippen molar-refractivity contribution in [2.45, 2.75) is 68.9 Å². The molecule has 1 unspecified atom stereocenters. The number of urea groups is 1. The van der Waals surface area contributed by atoms with E-state index in [2.05, 4.69) is 52.8 Å². The fraction of sp³-hybridized carbons (Fsp3) is 0.405. The van der Waals surface area contributed by atoms with Crippen LogP contribution in [0.5, 0.6) is 0 Å². The Balaban J connectivity index is 1.67. The van der Waals surface area contributed by atoms with E-state index in [4.69, 9.17) is 22.9 Å². The maximum Gasteiger partial charge on any atom is 0.323 e. The van der Waals surface area contributed by atoms with Crippen LogP contribution in [0.1, 0.15) is 32.6 Å². The van der Waals surface area contributed by atoms with Crippen LogP contribution in [0.2, 0.25) is 0 Å². The third kappa shape index (κ3) is 13.3. The molecule has 0 bridgehead atoms. The van der Waals surface area contributed by atoms with Gasteiger partial charge in [0.15, 0.2) is 5.96 Å². The average molecular weight is 805 g/mol. The number of benzene rings is 2. The van der Waals surface area contributed by atoms with Gasteiger partial charge in [-0.2, -0.15) is 0 Å². The number of nitrogens with two attached hydrogens (primary N) is 4. The fourth-order valence-electron chi connectivity index (χ4n) is 5.90. The molecule has 21 heteroatoms. The molecule has 0 radical (unpaired) electrons. The predicted molar refractivity (Wildman–Crippen MR) is 215 cm³/mol. The highest BCUT2D eigenvalue weighted by atomic mass is 16.2. The Kier molecular flexibility index (Phi) is 16.5. The summed E-state index contributed by atoms with van der Waals surface area (Å²) in [5.41, 5.74) is 24.9. The smallest absolute Gasteiger partial charge is 0.323 e. The van der Waals surface area contributed by atoms with Crippen molar-refractivity contribution < 1.29 is 33.6 Å². The number of amides is 8. The van der Waals surface area contributed by atoms with Crippen molar-refractivity contribution in [1.29, 1.82) is 0 Å². The quantitative estimate of drug-likeness (QED) is 0.0990. The van der Waals surface area contributed by atoms with Gasteiger partial charge in [0.1, 0.15) is 29.9 Å². The molecule has 0 aliphatic carbocycles. The zero-order chi connectivity index (χ0) is 42.2. The minimum atomic E-state index is -1.55. The second-order valence-electron chi connectivity index (χ2n) is 13.7. The number of rotatable bonds is 11. The van der Waals surface area contributed by atoms with Gasteiger partial charge in [-0.1, -0.05) is 48.5 Å². The van der Waals surface area contributed by atoms with Crippen LogP contribution >= 0.6 is 0 Å². The summed E-state index contributed by atoms with van der Waals surface area (Å²) in [6.45, 7) is 1.05. The van der Waals surface area contributed by atoms with E-state index >= 15 is 0 Å². The molecule has 6 atom stereocenters. The minimum Gasteiger partial charge on any atom is -0.370 e. The number of guanidine groups is 1. The Morgan fingerprint density at radius 3 is 2.38 bits per heavy atom. The Bertz CT molecular complexity index is 1870. The highest BCUT2D eigenvalue weighted by Gasteiger charge is 2.35. The molecule has 0 aromatic heterocycles. The maximum absolute atomic E-state index is 14.1. The molecule has 58 heavy (non-hydrogen) atoms. The summed E-state index contributed by atoms with van der Waals surface area (Å²) in [6.07, 6.45) is 2.09. The standard InChI is InChI=1S/C37H52N14O7/c1-20-31(53)47-27(18-43-29(52)16-22(39)10-7-14-38)33(55)48-28(19-45-37(58)50-25-12-6-5-11-23(25)21-8-3-2-4-9-21)34(56)51-30(26-13-15-42-36(41)49-26)35(57)44-17-24(40)32(54)46-20/h2-6,8-9,11-12,19-20,22,24,26-27,30H,7,10,13-18,38-40H2,1H3,(H,43,52)(H,44,57)(H,46,54)(H,47,53)(H,48,55)(H,51,56)(H3,41,42,49)(H2,45,50,58)/b28-19-/t20-,22-,24-,26+,27?,30-/m0/s1. The van der Waals surface area contributed by atoms with E-state index < -0.39 is 96.5 Å². The van der Waals surface area contributed by atoms with E-state index in [0.29, 0.717) is 30.6 Å². The number of nitrogens with zero attached hydrogens (tertiary/aromatic N) is 1. The molecular formula is C37H52N14O7. The lowest BCUT2D eigenvalue weighted by Crippen LogP contribution is -2.63. The first kappa shape index (κ1) is 44.1. The highest BCUT2D eigenvalue weighted by molar-refractivity contribution is 6.03. The van der Waals surface area contributed by atoms with E-state index in [9.17, 15) is 33.6 Å². The first-order valence-electron chi connectivity index (χ1n) is 18.7. The molecule has 2 aromatic rings. The number of para-hydroxylation sites is 1. The van der Waals surface area contributed by atoms with Gasteiger partial charge in [-0.3, -0.25) is 33.8 Å². The van der Waals surface area contributed by atoms with Gasteiger partial charge >= 0.3 is 6.03 Å². The number of hydrogen-bond acceptors (Lipinski definition) is 13. The minimum absolute atomic E-state index is 0.00895. The van der Waals surface area contributed by atoms with Crippen molar-refractivity contribution in [2.75, 3.05) is 31.5 Å². The molecule has 0 saturated carbocycles. The lowest BCUT2D eigenvalue weighted by atomic mass is 10.0. The predicted octanol–water partition coefficient (Wildman–Crippen LogP) is -3.39. The van der Waals surface area contributed by atoms with Crippen LogP contribution in [0.4, 0.5) is 10.5 Å². The number of carbonyl (C=O) groups excluding carboxylic acids is 7. The lowest BCUT2D eigenvalue weighted by molar-refractivity contribution is -0.133. The van der Waals surface area contributed by atoms with E-state index in [0.717, 1.165) is 11.8 Å². The molecule has 0 spiro atoms. The van der Waals surface area contributed by atoms with E-state index in [1.54, 1.807) is 24.3 Å². The first-order chi connectivity index (χ1) is 27.7. The van der Waals surface area contributed by atoms with Crippen molar-refractivity contribution in [3.8, 4) is 11.1 Å². The summed E-state index contributed by atoms with van der Waals surface area (Å²) in [7, 11) is 0. The molecule has 2 aliphatic rings. The topological polar surface area (TPSA) is 344 Å². The Morgan fingerprint density at radius 2 is 1.66 bits per heavy atom. The van der Waals surface area contributed by atoms with Gasteiger partial charge in [0.2, 0.25) is 29.5 Å². The Hall–Kier alpha value is -6.58. The number of hydrogen-bond donors (Lipinski definition) is 13. The molecule has 21 nitrogen and oxygen atoms in total. The normalized spacial score (nSPS) is 23.4. The fourth-order valence-corrected chi connectivity index (χ4v) is 5.90. The molecule has 17 N–H and O–H groups in total. The van der Waals surface area contributed by atoms with Gasteiger partial charge in [0.05, 0.1) is 11.7 Å². The number of anilines is 1. The van der Waals surface area contributed by atoms with Crippen LogP contribution in [-0.2, 0) is 28.8 Å².